The van der Waals surface area contributed by atoms with E-state index in [2.05, 4.69) is 13.8 Å². The second kappa shape index (κ2) is 24.9. The molecule has 0 aromatic carbocycles. The van der Waals surface area contributed by atoms with Gasteiger partial charge in [-0.15, -0.1) is 0 Å². The lowest BCUT2D eigenvalue weighted by molar-refractivity contribution is 0.128. The topological polar surface area (TPSA) is 110 Å². The fourth-order valence-corrected chi connectivity index (χ4v) is 0.595. The van der Waals surface area contributed by atoms with E-state index in [-0.39, 0.29) is 13.2 Å². The van der Waals surface area contributed by atoms with Gasteiger partial charge in [0.1, 0.15) is 0 Å². The van der Waals surface area contributed by atoms with Crippen LogP contribution in [0.1, 0.15) is 39.5 Å². The molecule has 17 heavy (non-hydrogen) atoms. The van der Waals surface area contributed by atoms with Crippen molar-refractivity contribution in [3.8, 4) is 0 Å². The van der Waals surface area contributed by atoms with Crippen molar-refractivity contribution >= 4 is 7.32 Å². The van der Waals surface area contributed by atoms with Crippen LogP contribution in [0, 0.1) is 0 Å². The minimum absolute atomic E-state index is 0.125. The normalized spacial score (nSPS) is 8.65. The number of rotatable bonds is 7. The van der Waals surface area contributed by atoms with E-state index in [4.69, 9.17) is 30.0 Å². The number of hydrogen-bond donors (Lipinski definition) is 5. The molecule has 0 saturated carbocycles. The van der Waals surface area contributed by atoms with E-state index in [0.717, 1.165) is 13.2 Å². The molecule has 0 aromatic heterocycles. The molecule has 0 unspecified atom stereocenters. The summed E-state index contributed by atoms with van der Waals surface area (Å²) in [6.45, 7) is 6.03. The molecule has 0 aliphatic carbocycles. The lowest BCUT2D eigenvalue weighted by Gasteiger charge is -1.99. The molecular weight excluding hydrogens is 227 g/mol. The maximum absolute atomic E-state index is 7.62. The first-order valence-corrected chi connectivity index (χ1v) is 5.90. The van der Waals surface area contributed by atoms with Crippen LogP contribution in [0.15, 0.2) is 0 Å². The standard InChI is InChI=1S/C8H18O.C2H6O2.BH3O3/c1-3-5-7-9-8-6-4-2;3-1-2-4;2-1(3)4/h3-8H2,1-2H3;3-4H,1-2H2;2-4H. The van der Waals surface area contributed by atoms with E-state index in [1.165, 1.54) is 25.7 Å². The molecule has 0 heterocycles. The van der Waals surface area contributed by atoms with Gasteiger partial charge in [-0.3, -0.25) is 0 Å². The molecule has 0 bridgehead atoms. The predicted octanol–water partition coefficient (Wildman–Crippen LogP) is -0.478. The summed E-state index contributed by atoms with van der Waals surface area (Å²) >= 11 is 0. The van der Waals surface area contributed by atoms with Crippen LogP contribution in [0.25, 0.3) is 0 Å². The number of aliphatic hydroxyl groups excluding tert-OH is 2. The third-order valence-corrected chi connectivity index (χ3v) is 1.38. The Balaban J connectivity index is -0.000000205. The average Bonchev–Trinajstić information content (AvgIpc) is 2.29. The predicted molar refractivity (Wildman–Crippen MR) is 67.2 cm³/mol. The average molecular weight is 254 g/mol. The molecule has 0 spiro atoms. The minimum Gasteiger partial charge on any atom is -0.402 e. The maximum atomic E-state index is 7.62. The van der Waals surface area contributed by atoms with Gasteiger partial charge in [-0.25, -0.2) is 0 Å². The van der Waals surface area contributed by atoms with Gasteiger partial charge in [0.2, 0.25) is 0 Å². The first kappa shape index (κ1) is 22.0. The highest BCUT2D eigenvalue weighted by molar-refractivity contribution is 6.30. The van der Waals surface area contributed by atoms with Crippen molar-refractivity contribution in [3.05, 3.63) is 0 Å². The summed E-state index contributed by atoms with van der Waals surface area (Å²) in [4.78, 5) is 0. The van der Waals surface area contributed by atoms with E-state index >= 15 is 0 Å². The third-order valence-electron chi connectivity index (χ3n) is 1.38. The van der Waals surface area contributed by atoms with Crippen LogP contribution in [-0.2, 0) is 4.74 Å². The van der Waals surface area contributed by atoms with Crippen LogP contribution in [0.3, 0.4) is 0 Å². The van der Waals surface area contributed by atoms with E-state index in [1.807, 2.05) is 0 Å². The van der Waals surface area contributed by atoms with E-state index in [1.54, 1.807) is 0 Å². The highest BCUT2D eigenvalue weighted by Crippen LogP contribution is 1.91. The van der Waals surface area contributed by atoms with Gasteiger partial charge in [0.25, 0.3) is 0 Å². The Bertz CT molecular complexity index is 94.0. The summed E-state index contributed by atoms with van der Waals surface area (Å²) in [5.41, 5.74) is 0. The van der Waals surface area contributed by atoms with Crippen LogP contribution in [0.2, 0.25) is 0 Å². The summed E-state index contributed by atoms with van der Waals surface area (Å²) in [5, 5.41) is 36.8. The molecule has 0 atom stereocenters. The van der Waals surface area contributed by atoms with Crippen LogP contribution < -0.4 is 0 Å². The Morgan fingerprint density at radius 2 is 1.12 bits per heavy atom. The molecule has 5 N–H and O–H groups in total. The molecule has 6 nitrogen and oxygen atoms in total. The smallest absolute Gasteiger partial charge is 0.402 e. The Kier molecular flexibility index (Phi) is 32.3. The Hall–Kier alpha value is -0.175. The molecule has 0 aromatic rings. The summed E-state index contributed by atoms with van der Waals surface area (Å²) in [7, 11) is -2.17. The maximum Gasteiger partial charge on any atom is 0.631 e. The van der Waals surface area contributed by atoms with Gasteiger partial charge in [0.15, 0.2) is 0 Å². The molecule has 0 saturated heterocycles. The van der Waals surface area contributed by atoms with Crippen LogP contribution >= 0.6 is 0 Å². The second-order valence-electron chi connectivity index (χ2n) is 3.11. The minimum atomic E-state index is -2.17. The van der Waals surface area contributed by atoms with Crippen LogP contribution in [0.4, 0.5) is 0 Å². The Morgan fingerprint density at radius 3 is 1.29 bits per heavy atom. The molecule has 106 valence electrons. The first-order chi connectivity index (χ1) is 8.06. The fraction of sp³-hybridized carbons (Fsp3) is 1.00. The van der Waals surface area contributed by atoms with Crippen molar-refractivity contribution < 1.29 is 30.0 Å². The summed E-state index contributed by atoms with van der Waals surface area (Å²) in [6, 6.07) is 0. The molecule has 0 aliphatic rings. The third kappa shape index (κ3) is 64.9. The highest BCUT2D eigenvalue weighted by Gasteiger charge is 1.92. The van der Waals surface area contributed by atoms with Gasteiger partial charge in [0, 0.05) is 13.2 Å². The van der Waals surface area contributed by atoms with Crippen molar-refractivity contribution in [2.24, 2.45) is 0 Å². The first-order valence-electron chi connectivity index (χ1n) is 5.90. The number of hydrogen-bond acceptors (Lipinski definition) is 6. The number of aliphatic hydroxyl groups is 2. The van der Waals surface area contributed by atoms with Crippen molar-refractivity contribution in [1.82, 2.24) is 0 Å². The molecule has 0 radical (unpaired) electrons. The van der Waals surface area contributed by atoms with E-state index < -0.39 is 7.32 Å². The zero-order valence-electron chi connectivity index (χ0n) is 10.9. The van der Waals surface area contributed by atoms with Gasteiger partial charge in [-0.2, -0.15) is 0 Å². The monoisotopic (exact) mass is 254 g/mol. The fourth-order valence-electron chi connectivity index (χ4n) is 0.595. The van der Waals surface area contributed by atoms with Crippen molar-refractivity contribution in [1.29, 1.82) is 0 Å². The molecule has 0 amide bonds. The van der Waals surface area contributed by atoms with Gasteiger partial charge < -0.3 is 30.0 Å². The lowest BCUT2D eigenvalue weighted by Crippen LogP contribution is -2.07. The summed E-state index contributed by atoms with van der Waals surface area (Å²) in [6.07, 6.45) is 4.91. The molecule has 0 rings (SSSR count). The number of ether oxygens (including phenoxy) is 1. The van der Waals surface area contributed by atoms with Gasteiger partial charge in [-0.05, 0) is 12.8 Å². The Labute approximate surface area is 104 Å². The van der Waals surface area contributed by atoms with Crippen LogP contribution in [-0.4, -0.2) is 59.0 Å². The van der Waals surface area contributed by atoms with Gasteiger partial charge in [0.05, 0.1) is 13.2 Å². The molecule has 7 heteroatoms. The van der Waals surface area contributed by atoms with Crippen LogP contribution in [0.5, 0.6) is 0 Å². The van der Waals surface area contributed by atoms with Crippen molar-refractivity contribution in [2.45, 2.75) is 39.5 Å². The SMILES string of the molecule is CCCCOCCCC.OB(O)O.OCCO. The number of unbranched alkanes of at least 4 members (excludes halogenated alkanes) is 2. The molecule has 0 fully saturated rings. The highest BCUT2D eigenvalue weighted by atomic mass is 16.5. The lowest BCUT2D eigenvalue weighted by atomic mass is 10.3. The zero-order chi connectivity index (χ0) is 13.9. The summed E-state index contributed by atoms with van der Waals surface area (Å²) in [5.74, 6) is 0. The largest absolute Gasteiger partial charge is 0.631 e. The zero-order valence-corrected chi connectivity index (χ0v) is 10.9. The molecule has 0 aliphatic heterocycles. The molecular formula is C10H27BO6. The van der Waals surface area contributed by atoms with E-state index in [9.17, 15) is 0 Å². The van der Waals surface area contributed by atoms with Crippen molar-refractivity contribution in [2.75, 3.05) is 26.4 Å². The second-order valence-corrected chi connectivity index (χ2v) is 3.11. The summed E-state index contributed by atoms with van der Waals surface area (Å²) < 4.78 is 5.31. The van der Waals surface area contributed by atoms with Gasteiger partial charge in [-0.1, -0.05) is 26.7 Å². The van der Waals surface area contributed by atoms with Gasteiger partial charge >= 0.3 is 7.32 Å². The van der Waals surface area contributed by atoms with E-state index in [0.29, 0.717) is 0 Å². The Morgan fingerprint density at radius 1 is 0.824 bits per heavy atom. The quantitative estimate of drug-likeness (QED) is 0.310. The van der Waals surface area contributed by atoms with Crippen molar-refractivity contribution in [3.63, 3.8) is 0 Å².